The molecular formula is C22H30FN3O2. The van der Waals surface area contributed by atoms with Crippen LogP contribution in [0.5, 0.6) is 0 Å². The second kappa shape index (κ2) is 8.84. The van der Waals surface area contributed by atoms with Crippen molar-refractivity contribution < 1.29 is 13.7 Å². The van der Waals surface area contributed by atoms with Gasteiger partial charge in [-0.15, -0.1) is 0 Å². The lowest BCUT2D eigenvalue weighted by Gasteiger charge is -2.39. The molecule has 1 aliphatic rings. The van der Waals surface area contributed by atoms with Gasteiger partial charge in [-0.1, -0.05) is 32.3 Å². The molecule has 1 saturated carbocycles. The Morgan fingerprint density at radius 3 is 2.54 bits per heavy atom. The summed E-state index contributed by atoms with van der Waals surface area (Å²) in [6.45, 7) is 6.95. The molecule has 28 heavy (non-hydrogen) atoms. The van der Waals surface area contributed by atoms with Crippen molar-refractivity contribution in [3.05, 3.63) is 36.0 Å². The molecule has 0 spiro atoms. The van der Waals surface area contributed by atoms with Gasteiger partial charge in [-0.05, 0) is 61.3 Å². The number of halogens is 1. The van der Waals surface area contributed by atoms with E-state index in [-0.39, 0.29) is 17.8 Å². The second-order valence-corrected chi connectivity index (χ2v) is 8.48. The maximum atomic E-state index is 13.0. The summed E-state index contributed by atoms with van der Waals surface area (Å²) in [5.41, 5.74) is 1.07. The third-order valence-electron chi connectivity index (χ3n) is 6.25. The number of nitrogens with one attached hydrogen (secondary N) is 1. The van der Waals surface area contributed by atoms with E-state index in [2.05, 4.69) is 36.2 Å². The van der Waals surface area contributed by atoms with E-state index >= 15 is 0 Å². The summed E-state index contributed by atoms with van der Waals surface area (Å²) < 4.78 is 18.2. The summed E-state index contributed by atoms with van der Waals surface area (Å²) in [4.78, 5) is 16.6. The molecule has 152 valence electrons. The molecule has 2 aromatic rings. The van der Waals surface area contributed by atoms with Gasteiger partial charge in [0, 0.05) is 24.4 Å². The third kappa shape index (κ3) is 5.18. The molecule has 0 aliphatic heterocycles. The fourth-order valence-electron chi connectivity index (χ4n) is 3.90. The Hall–Kier alpha value is -2.24. The van der Waals surface area contributed by atoms with Gasteiger partial charge in [0.1, 0.15) is 5.82 Å². The first-order valence-electron chi connectivity index (χ1n) is 10.3. The van der Waals surface area contributed by atoms with Crippen LogP contribution in [-0.4, -0.2) is 22.1 Å². The lowest BCUT2D eigenvalue weighted by molar-refractivity contribution is -0.122. The molecule has 1 amide bonds. The highest BCUT2D eigenvalue weighted by atomic mass is 19.1. The Morgan fingerprint density at radius 2 is 1.89 bits per heavy atom. The molecule has 0 unspecified atom stereocenters. The van der Waals surface area contributed by atoms with Crippen LogP contribution in [0.2, 0.25) is 0 Å². The van der Waals surface area contributed by atoms with Gasteiger partial charge in [0.05, 0.1) is 0 Å². The number of hydrogen-bond acceptors (Lipinski definition) is 4. The van der Waals surface area contributed by atoms with E-state index in [0.717, 1.165) is 18.8 Å². The van der Waals surface area contributed by atoms with Gasteiger partial charge in [-0.3, -0.25) is 4.79 Å². The van der Waals surface area contributed by atoms with E-state index in [1.807, 2.05) is 0 Å². The van der Waals surface area contributed by atoms with Crippen molar-refractivity contribution in [2.24, 2.45) is 11.3 Å². The van der Waals surface area contributed by atoms with E-state index < -0.39 is 0 Å². The SMILES string of the molecule is CCC(C)(C)C1CCC(NC(=O)CCc2nc(-c3ccc(F)cc3)no2)CC1. The lowest BCUT2D eigenvalue weighted by atomic mass is 9.69. The summed E-state index contributed by atoms with van der Waals surface area (Å²) in [5.74, 6) is 1.29. The molecule has 1 N–H and O–H groups in total. The number of carbonyl (C=O) groups is 1. The predicted octanol–water partition coefficient (Wildman–Crippen LogP) is 4.92. The first-order chi connectivity index (χ1) is 13.4. The van der Waals surface area contributed by atoms with Gasteiger partial charge >= 0.3 is 0 Å². The molecule has 1 aromatic carbocycles. The number of hydrogen-bond donors (Lipinski definition) is 1. The summed E-state index contributed by atoms with van der Waals surface area (Å²) in [7, 11) is 0. The van der Waals surface area contributed by atoms with Crippen molar-refractivity contribution in [2.45, 2.75) is 71.8 Å². The molecule has 1 aliphatic carbocycles. The molecule has 6 heteroatoms. The number of carbonyl (C=O) groups excluding carboxylic acids is 1. The highest BCUT2D eigenvalue weighted by Crippen LogP contribution is 2.40. The molecule has 0 bridgehead atoms. The molecule has 1 aromatic heterocycles. The van der Waals surface area contributed by atoms with Crippen molar-refractivity contribution in [3.8, 4) is 11.4 Å². The number of aryl methyl sites for hydroxylation is 1. The van der Waals surface area contributed by atoms with E-state index in [1.54, 1.807) is 12.1 Å². The van der Waals surface area contributed by atoms with Crippen LogP contribution in [0, 0.1) is 17.2 Å². The number of amides is 1. The first-order valence-corrected chi connectivity index (χ1v) is 10.3. The van der Waals surface area contributed by atoms with Gasteiger partial charge in [0.15, 0.2) is 0 Å². The van der Waals surface area contributed by atoms with Crippen LogP contribution in [0.25, 0.3) is 11.4 Å². The van der Waals surface area contributed by atoms with Crippen molar-refractivity contribution >= 4 is 5.91 Å². The van der Waals surface area contributed by atoms with Crippen LogP contribution >= 0.6 is 0 Å². The highest BCUT2D eigenvalue weighted by molar-refractivity contribution is 5.76. The number of rotatable bonds is 7. The smallest absolute Gasteiger partial charge is 0.227 e. The van der Waals surface area contributed by atoms with Crippen molar-refractivity contribution in [3.63, 3.8) is 0 Å². The Morgan fingerprint density at radius 1 is 1.21 bits per heavy atom. The van der Waals surface area contributed by atoms with Gasteiger partial charge in [-0.2, -0.15) is 4.98 Å². The van der Waals surface area contributed by atoms with E-state index in [4.69, 9.17) is 4.52 Å². The minimum absolute atomic E-state index is 0.0275. The Labute approximate surface area is 166 Å². The minimum Gasteiger partial charge on any atom is -0.353 e. The summed E-state index contributed by atoms with van der Waals surface area (Å²) in [5, 5.41) is 7.06. The molecule has 0 atom stereocenters. The highest BCUT2D eigenvalue weighted by Gasteiger charge is 2.32. The molecular weight excluding hydrogens is 357 g/mol. The van der Waals surface area contributed by atoms with Crippen LogP contribution in [0.15, 0.2) is 28.8 Å². The topological polar surface area (TPSA) is 68.0 Å². The van der Waals surface area contributed by atoms with Crippen LogP contribution in [0.3, 0.4) is 0 Å². The average molecular weight is 387 g/mol. The fourth-order valence-corrected chi connectivity index (χ4v) is 3.90. The minimum atomic E-state index is -0.309. The van der Waals surface area contributed by atoms with Crippen molar-refractivity contribution in [2.75, 3.05) is 0 Å². The zero-order valence-corrected chi connectivity index (χ0v) is 17.0. The summed E-state index contributed by atoms with van der Waals surface area (Å²) >= 11 is 0. The molecule has 1 heterocycles. The Kier molecular flexibility index (Phi) is 6.47. The standard InChI is InChI=1S/C22H30FN3O2/c1-4-22(2,3)16-7-11-18(12-8-16)24-19(27)13-14-20-25-21(26-28-20)15-5-9-17(23)10-6-15/h5-6,9-10,16,18H,4,7-8,11-14H2,1-3H3,(H,24,27). The van der Waals surface area contributed by atoms with Gasteiger partial charge in [0.25, 0.3) is 0 Å². The van der Waals surface area contributed by atoms with Crippen molar-refractivity contribution in [1.82, 2.24) is 15.5 Å². The first kappa shape index (κ1) is 20.5. The second-order valence-electron chi connectivity index (χ2n) is 8.48. The van der Waals surface area contributed by atoms with Crippen LogP contribution in [0.4, 0.5) is 4.39 Å². The largest absolute Gasteiger partial charge is 0.353 e. The quantitative estimate of drug-likeness (QED) is 0.732. The Balaban J connectivity index is 1.43. The number of benzene rings is 1. The molecule has 0 radical (unpaired) electrons. The monoisotopic (exact) mass is 387 g/mol. The van der Waals surface area contributed by atoms with E-state index in [0.29, 0.717) is 35.5 Å². The van der Waals surface area contributed by atoms with Gasteiger partial charge in [0.2, 0.25) is 17.6 Å². The summed E-state index contributed by atoms with van der Waals surface area (Å²) in [6, 6.07) is 6.19. The number of nitrogens with zero attached hydrogens (tertiary/aromatic N) is 2. The van der Waals surface area contributed by atoms with Gasteiger partial charge in [-0.25, -0.2) is 4.39 Å². The van der Waals surface area contributed by atoms with Crippen LogP contribution < -0.4 is 5.32 Å². The molecule has 0 saturated heterocycles. The maximum absolute atomic E-state index is 13.0. The molecule has 5 nitrogen and oxygen atoms in total. The van der Waals surface area contributed by atoms with E-state index in [1.165, 1.54) is 31.4 Å². The average Bonchev–Trinajstić information content (AvgIpc) is 3.16. The summed E-state index contributed by atoms with van der Waals surface area (Å²) in [6.07, 6.45) is 6.37. The van der Waals surface area contributed by atoms with Crippen LogP contribution in [0.1, 0.15) is 65.2 Å². The van der Waals surface area contributed by atoms with Crippen molar-refractivity contribution in [1.29, 1.82) is 0 Å². The zero-order valence-electron chi connectivity index (χ0n) is 17.0. The normalized spacial score (nSPS) is 20.1. The maximum Gasteiger partial charge on any atom is 0.227 e. The van der Waals surface area contributed by atoms with Gasteiger partial charge < -0.3 is 9.84 Å². The third-order valence-corrected chi connectivity index (χ3v) is 6.25. The fraction of sp³-hybridized carbons (Fsp3) is 0.591. The van der Waals surface area contributed by atoms with Crippen LogP contribution in [-0.2, 0) is 11.2 Å². The lowest BCUT2D eigenvalue weighted by Crippen LogP contribution is -2.40. The van der Waals surface area contributed by atoms with E-state index in [9.17, 15) is 9.18 Å². The Bertz CT molecular complexity index is 777. The molecule has 3 rings (SSSR count). The predicted molar refractivity (Wildman–Crippen MR) is 106 cm³/mol. The zero-order chi connectivity index (χ0) is 20.1. The number of aromatic nitrogens is 2. The molecule has 1 fully saturated rings.